The molecule has 1 aromatic carbocycles. The van der Waals surface area contributed by atoms with E-state index in [4.69, 9.17) is 22.4 Å². The molecule has 1 atom stereocenters. The molecule has 5 heteroatoms. The fourth-order valence-electron chi connectivity index (χ4n) is 0.973. The molecular formula is C9H11ClN2O2. The quantitative estimate of drug-likeness (QED) is 0.687. The number of carbonyl (C=O) groups is 1. The number of anilines is 1. The second-order valence-electron chi connectivity index (χ2n) is 2.76. The predicted octanol–water partition coefficient (Wildman–Crippen LogP) is 0.598. The van der Waals surface area contributed by atoms with Gasteiger partial charge < -0.3 is 16.2 Å². The Labute approximate surface area is 86.7 Å². The number of nitrogens with one attached hydrogen (secondary N) is 1. The summed E-state index contributed by atoms with van der Waals surface area (Å²) in [5.41, 5.74) is 5.62. The van der Waals surface area contributed by atoms with E-state index in [9.17, 15) is 4.79 Å². The van der Waals surface area contributed by atoms with Crippen molar-refractivity contribution in [1.29, 1.82) is 0 Å². The van der Waals surface area contributed by atoms with Crippen molar-refractivity contribution in [3.63, 3.8) is 0 Å². The third-order valence-electron chi connectivity index (χ3n) is 1.73. The van der Waals surface area contributed by atoms with Gasteiger partial charge in [-0.2, -0.15) is 0 Å². The summed E-state index contributed by atoms with van der Waals surface area (Å²) in [6.07, 6.45) is 0. The van der Waals surface area contributed by atoms with E-state index >= 15 is 0 Å². The molecule has 1 rings (SSSR count). The molecule has 0 aliphatic rings. The van der Waals surface area contributed by atoms with Gasteiger partial charge >= 0.3 is 0 Å². The summed E-state index contributed by atoms with van der Waals surface area (Å²) in [5, 5.41) is 12.1. The average Bonchev–Trinajstić information content (AvgIpc) is 2.16. The number of para-hydroxylation sites is 1. The van der Waals surface area contributed by atoms with Crippen molar-refractivity contribution in [2.24, 2.45) is 5.73 Å². The molecule has 0 aromatic heterocycles. The molecule has 4 nitrogen and oxygen atoms in total. The zero-order chi connectivity index (χ0) is 10.6. The van der Waals surface area contributed by atoms with E-state index in [-0.39, 0.29) is 6.61 Å². The molecule has 0 saturated heterocycles. The fourth-order valence-corrected chi connectivity index (χ4v) is 1.16. The largest absolute Gasteiger partial charge is 0.394 e. The highest BCUT2D eigenvalue weighted by atomic mass is 35.5. The predicted molar refractivity (Wildman–Crippen MR) is 55.1 cm³/mol. The molecule has 0 radical (unpaired) electrons. The highest BCUT2D eigenvalue weighted by Gasteiger charge is 2.14. The van der Waals surface area contributed by atoms with Gasteiger partial charge in [0.25, 0.3) is 0 Å². The van der Waals surface area contributed by atoms with Crippen LogP contribution in [0, 0.1) is 0 Å². The SMILES string of the molecule is NC(=O)C(CO)Nc1ccccc1Cl. The van der Waals surface area contributed by atoms with Gasteiger partial charge in [0.1, 0.15) is 6.04 Å². The third kappa shape index (κ3) is 2.61. The molecule has 0 bridgehead atoms. The second-order valence-corrected chi connectivity index (χ2v) is 3.17. The summed E-state index contributed by atoms with van der Waals surface area (Å²) >= 11 is 5.83. The van der Waals surface area contributed by atoms with Crippen LogP contribution in [0.2, 0.25) is 5.02 Å². The molecule has 0 aliphatic heterocycles. The number of benzene rings is 1. The van der Waals surface area contributed by atoms with Crippen LogP contribution < -0.4 is 11.1 Å². The first-order valence-electron chi connectivity index (χ1n) is 4.06. The number of aliphatic hydroxyl groups excluding tert-OH is 1. The van der Waals surface area contributed by atoms with Crippen molar-refractivity contribution in [3.8, 4) is 0 Å². The number of aliphatic hydroxyl groups is 1. The van der Waals surface area contributed by atoms with E-state index in [1.165, 1.54) is 0 Å². The van der Waals surface area contributed by atoms with Gasteiger partial charge in [-0.3, -0.25) is 4.79 Å². The van der Waals surface area contributed by atoms with Crippen LogP contribution in [0.4, 0.5) is 5.69 Å². The van der Waals surface area contributed by atoms with E-state index < -0.39 is 11.9 Å². The lowest BCUT2D eigenvalue weighted by molar-refractivity contribution is -0.119. The van der Waals surface area contributed by atoms with E-state index in [0.29, 0.717) is 10.7 Å². The zero-order valence-electron chi connectivity index (χ0n) is 7.40. The minimum absolute atomic E-state index is 0.361. The Morgan fingerprint density at radius 2 is 2.21 bits per heavy atom. The van der Waals surface area contributed by atoms with Crippen molar-refractivity contribution in [1.82, 2.24) is 0 Å². The number of hydrogen-bond acceptors (Lipinski definition) is 3. The molecule has 14 heavy (non-hydrogen) atoms. The van der Waals surface area contributed by atoms with Gasteiger partial charge in [0.2, 0.25) is 5.91 Å². The van der Waals surface area contributed by atoms with Crippen LogP contribution in [-0.2, 0) is 4.79 Å². The Morgan fingerprint density at radius 1 is 1.57 bits per heavy atom. The van der Waals surface area contributed by atoms with Crippen molar-refractivity contribution in [2.45, 2.75) is 6.04 Å². The summed E-state index contributed by atoms with van der Waals surface area (Å²) < 4.78 is 0. The Hall–Kier alpha value is -1.26. The average molecular weight is 215 g/mol. The van der Waals surface area contributed by atoms with Gasteiger partial charge in [-0.1, -0.05) is 23.7 Å². The molecule has 0 spiro atoms. The number of amides is 1. The molecule has 0 heterocycles. The van der Waals surface area contributed by atoms with Crippen LogP contribution in [0.3, 0.4) is 0 Å². The molecule has 4 N–H and O–H groups in total. The molecule has 0 saturated carbocycles. The molecule has 1 aromatic rings. The Bertz CT molecular complexity index is 330. The van der Waals surface area contributed by atoms with Crippen LogP contribution >= 0.6 is 11.6 Å². The van der Waals surface area contributed by atoms with Gasteiger partial charge in [0.05, 0.1) is 17.3 Å². The molecule has 76 valence electrons. The highest BCUT2D eigenvalue weighted by molar-refractivity contribution is 6.33. The number of carbonyl (C=O) groups excluding carboxylic acids is 1. The summed E-state index contributed by atoms with van der Waals surface area (Å²) in [6.45, 7) is -0.361. The second kappa shape index (κ2) is 4.83. The lowest BCUT2D eigenvalue weighted by atomic mass is 10.2. The van der Waals surface area contributed by atoms with Crippen molar-refractivity contribution < 1.29 is 9.90 Å². The smallest absolute Gasteiger partial charge is 0.242 e. The monoisotopic (exact) mass is 214 g/mol. The number of hydrogen-bond donors (Lipinski definition) is 3. The van der Waals surface area contributed by atoms with Crippen molar-refractivity contribution in [2.75, 3.05) is 11.9 Å². The Kier molecular flexibility index (Phi) is 3.73. The minimum Gasteiger partial charge on any atom is -0.394 e. The molecule has 0 fully saturated rings. The molecule has 0 aliphatic carbocycles. The molecule has 1 amide bonds. The number of halogens is 1. The van der Waals surface area contributed by atoms with Crippen LogP contribution in [0.1, 0.15) is 0 Å². The number of nitrogens with two attached hydrogens (primary N) is 1. The lowest BCUT2D eigenvalue weighted by Gasteiger charge is -2.14. The van der Waals surface area contributed by atoms with Crippen LogP contribution in [0.25, 0.3) is 0 Å². The first-order valence-corrected chi connectivity index (χ1v) is 4.44. The summed E-state index contributed by atoms with van der Waals surface area (Å²) in [4.78, 5) is 10.8. The van der Waals surface area contributed by atoms with Crippen molar-refractivity contribution in [3.05, 3.63) is 29.3 Å². The number of rotatable bonds is 4. The van der Waals surface area contributed by atoms with Gasteiger partial charge in [-0.25, -0.2) is 0 Å². The van der Waals surface area contributed by atoms with Gasteiger partial charge in [-0.15, -0.1) is 0 Å². The topological polar surface area (TPSA) is 75.4 Å². The summed E-state index contributed by atoms with van der Waals surface area (Å²) in [6, 6.07) is 6.11. The van der Waals surface area contributed by atoms with E-state index in [1.807, 2.05) is 0 Å². The zero-order valence-corrected chi connectivity index (χ0v) is 8.16. The van der Waals surface area contributed by atoms with Gasteiger partial charge in [-0.05, 0) is 12.1 Å². The van der Waals surface area contributed by atoms with Crippen molar-refractivity contribution >= 4 is 23.2 Å². The molecular weight excluding hydrogens is 204 g/mol. The first-order chi connectivity index (χ1) is 6.65. The summed E-state index contributed by atoms with van der Waals surface area (Å²) in [5.74, 6) is -0.618. The van der Waals surface area contributed by atoms with Crippen LogP contribution in [0.5, 0.6) is 0 Å². The summed E-state index contributed by atoms with van der Waals surface area (Å²) in [7, 11) is 0. The standard InChI is InChI=1S/C9H11ClN2O2/c10-6-3-1-2-4-7(6)12-8(5-13)9(11)14/h1-4,8,12-13H,5H2,(H2,11,14). The fraction of sp³-hybridized carbons (Fsp3) is 0.222. The van der Waals surface area contributed by atoms with E-state index in [2.05, 4.69) is 5.32 Å². The maximum Gasteiger partial charge on any atom is 0.242 e. The minimum atomic E-state index is -0.810. The lowest BCUT2D eigenvalue weighted by Crippen LogP contribution is -2.38. The van der Waals surface area contributed by atoms with Crippen LogP contribution in [-0.4, -0.2) is 23.7 Å². The Balaban J connectivity index is 2.77. The molecule has 1 unspecified atom stereocenters. The maximum atomic E-state index is 10.8. The normalized spacial score (nSPS) is 12.1. The van der Waals surface area contributed by atoms with Gasteiger partial charge in [0, 0.05) is 0 Å². The van der Waals surface area contributed by atoms with E-state index in [0.717, 1.165) is 0 Å². The van der Waals surface area contributed by atoms with E-state index in [1.54, 1.807) is 24.3 Å². The third-order valence-corrected chi connectivity index (χ3v) is 2.06. The Morgan fingerprint density at radius 3 is 2.71 bits per heavy atom. The highest BCUT2D eigenvalue weighted by Crippen LogP contribution is 2.20. The maximum absolute atomic E-state index is 10.8. The van der Waals surface area contributed by atoms with Crippen LogP contribution in [0.15, 0.2) is 24.3 Å². The van der Waals surface area contributed by atoms with Gasteiger partial charge in [0.15, 0.2) is 0 Å². The number of primary amides is 1. The first kappa shape index (κ1) is 10.8.